The van der Waals surface area contributed by atoms with Gasteiger partial charge in [-0.3, -0.25) is 9.88 Å². The molecule has 0 radical (unpaired) electrons. The highest BCUT2D eigenvalue weighted by Crippen LogP contribution is 2.31. The quantitative estimate of drug-likeness (QED) is 0.715. The Morgan fingerprint density at radius 3 is 2.64 bits per heavy atom. The number of rotatable bonds is 4. The van der Waals surface area contributed by atoms with Crippen LogP contribution in [0.1, 0.15) is 49.3 Å². The van der Waals surface area contributed by atoms with E-state index in [0.29, 0.717) is 23.4 Å². The fourth-order valence-corrected chi connectivity index (χ4v) is 3.17. The second-order valence-electron chi connectivity index (χ2n) is 6.34. The van der Waals surface area contributed by atoms with Gasteiger partial charge in [-0.15, -0.1) is 0 Å². The molecule has 1 aliphatic rings. The molecule has 0 aliphatic carbocycles. The van der Waals surface area contributed by atoms with Gasteiger partial charge < -0.3 is 9.05 Å². The zero-order valence-electron chi connectivity index (χ0n) is 14.3. The number of aryl methyl sites for hydroxylation is 1. The topological polar surface area (TPSA) is 94.0 Å². The molecule has 8 nitrogen and oxygen atoms in total. The zero-order chi connectivity index (χ0) is 17.2. The van der Waals surface area contributed by atoms with Crippen molar-refractivity contribution in [1.82, 2.24) is 30.2 Å². The van der Waals surface area contributed by atoms with E-state index in [2.05, 4.69) is 37.1 Å². The molecular weight excluding hydrogens is 320 g/mol. The van der Waals surface area contributed by atoms with Crippen LogP contribution in [0.3, 0.4) is 0 Å². The fourth-order valence-electron chi connectivity index (χ4n) is 3.17. The lowest BCUT2D eigenvalue weighted by molar-refractivity contribution is 0.128. The summed E-state index contributed by atoms with van der Waals surface area (Å²) in [4.78, 5) is 15.5. The van der Waals surface area contributed by atoms with Crippen molar-refractivity contribution in [3.63, 3.8) is 0 Å². The standard InChI is InChI=1S/C17H20N6O2/c1-11(16-19-12(2)21-24-16)23-9-6-13(7-10-23)17-20-15(22-25-17)14-5-3-4-8-18-14/h3-5,8,11,13H,6-7,9-10H2,1-2H3. The van der Waals surface area contributed by atoms with Crippen LogP contribution in [0.15, 0.2) is 33.4 Å². The minimum absolute atomic E-state index is 0.119. The number of aromatic nitrogens is 5. The van der Waals surface area contributed by atoms with Crippen molar-refractivity contribution in [2.75, 3.05) is 13.1 Å². The van der Waals surface area contributed by atoms with Gasteiger partial charge in [-0.2, -0.15) is 9.97 Å². The maximum atomic E-state index is 5.48. The maximum Gasteiger partial charge on any atom is 0.243 e. The Labute approximate surface area is 145 Å². The van der Waals surface area contributed by atoms with E-state index in [9.17, 15) is 0 Å². The predicted molar refractivity (Wildman–Crippen MR) is 88.5 cm³/mol. The van der Waals surface area contributed by atoms with Gasteiger partial charge >= 0.3 is 0 Å². The molecule has 0 saturated carbocycles. The van der Waals surface area contributed by atoms with Crippen molar-refractivity contribution in [2.45, 2.75) is 38.6 Å². The first-order valence-corrected chi connectivity index (χ1v) is 8.50. The van der Waals surface area contributed by atoms with Gasteiger partial charge in [0.25, 0.3) is 0 Å². The van der Waals surface area contributed by atoms with Gasteiger partial charge in [-0.25, -0.2) is 0 Å². The second kappa shape index (κ2) is 6.72. The molecule has 0 N–H and O–H groups in total. The molecule has 3 aromatic heterocycles. The molecule has 1 saturated heterocycles. The van der Waals surface area contributed by atoms with Gasteiger partial charge in [-0.1, -0.05) is 16.4 Å². The molecule has 4 rings (SSSR count). The van der Waals surface area contributed by atoms with Crippen molar-refractivity contribution in [3.8, 4) is 11.5 Å². The summed E-state index contributed by atoms with van der Waals surface area (Å²) in [5, 5.41) is 7.95. The number of likely N-dealkylation sites (tertiary alicyclic amines) is 1. The summed E-state index contributed by atoms with van der Waals surface area (Å²) < 4.78 is 10.8. The molecular formula is C17H20N6O2. The van der Waals surface area contributed by atoms with E-state index in [-0.39, 0.29) is 12.0 Å². The zero-order valence-corrected chi connectivity index (χ0v) is 14.3. The van der Waals surface area contributed by atoms with E-state index in [0.717, 1.165) is 31.6 Å². The molecule has 0 spiro atoms. The number of nitrogens with zero attached hydrogens (tertiary/aromatic N) is 6. The van der Waals surface area contributed by atoms with Crippen LogP contribution in [0.5, 0.6) is 0 Å². The van der Waals surface area contributed by atoms with Gasteiger partial charge in [0.1, 0.15) is 5.69 Å². The second-order valence-corrected chi connectivity index (χ2v) is 6.34. The molecule has 130 valence electrons. The molecule has 8 heteroatoms. The van der Waals surface area contributed by atoms with Gasteiger partial charge in [0.15, 0.2) is 5.82 Å². The summed E-state index contributed by atoms with van der Waals surface area (Å²) in [5.41, 5.74) is 0.732. The molecule has 0 amide bonds. The molecule has 0 aromatic carbocycles. The number of hydrogen-bond donors (Lipinski definition) is 0. The smallest absolute Gasteiger partial charge is 0.243 e. The van der Waals surface area contributed by atoms with Crippen LogP contribution in [0.25, 0.3) is 11.5 Å². The Balaban J connectivity index is 1.40. The van der Waals surface area contributed by atoms with E-state index in [1.165, 1.54) is 0 Å². The Morgan fingerprint density at radius 1 is 1.12 bits per heavy atom. The third-order valence-corrected chi connectivity index (χ3v) is 4.66. The Hall–Kier alpha value is -2.61. The predicted octanol–water partition coefficient (Wildman–Crippen LogP) is 2.76. The van der Waals surface area contributed by atoms with E-state index in [1.54, 1.807) is 6.20 Å². The SMILES string of the molecule is Cc1noc(C(C)N2CCC(c3nc(-c4ccccn4)no3)CC2)n1. The third kappa shape index (κ3) is 3.30. The summed E-state index contributed by atoms with van der Waals surface area (Å²) in [5.74, 6) is 2.86. The lowest BCUT2D eigenvalue weighted by atomic mass is 9.96. The number of hydrogen-bond acceptors (Lipinski definition) is 8. The maximum absolute atomic E-state index is 5.48. The number of pyridine rings is 1. The van der Waals surface area contributed by atoms with E-state index >= 15 is 0 Å². The normalized spacial score (nSPS) is 17.7. The molecule has 1 fully saturated rings. The summed E-state index contributed by atoms with van der Waals surface area (Å²) in [6.45, 7) is 5.78. The molecule has 0 bridgehead atoms. The van der Waals surface area contributed by atoms with Gasteiger partial charge in [0.05, 0.1) is 6.04 Å². The highest BCUT2D eigenvalue weighted by atomic mass is 16.5. The molecule has 4 heterocycles. The number of piperidine rings is 1. The first kappa shape index (κ1) is 15.9. The van der Waals surface area contributed by atoms with Crippen molar-refractivity contribution >= 4 is 0 Å². The first-order valence-electron chi connectivity index (χ1n) is 8.50. The Bertz CT molecular complexity index is 823. The molecule has 25 heavy (non-hydrogen) atoms. The van der Waals surface area contributed by atoms with Gasteiger partial charge in [0, 0.05) is 12.1 Å². The minimum atomic E-state index is 0.119. The van der Waals surface area contributed by atoms with Crippen molar-refractivity contribution < 1.29 is 9.05 Å². The molecule has 1 unspecified atom stereocenters. The summed E-state index contributed by atoms with van der Waals surface area (Å²) in [6, 6.07) is 5.78. The van der Waals surface area contributed by atoms with Crippen LogP contribution in [-0.2, 0) is 0 Å². The van der Waals surface area contributed by atoms with Crippen LogP contribution in [-0.4, -0.2) is 43.3 Å². The Morgan fingerprint density at radius 2 is 1.96 bits per heavy atom. The lowest BCUT2D eigenvalue weighted by Crippen LogP contribution is -2.35. The highest BCUT2D eigenvalue weighted by Gasteiger charge is 2.29. The summed E-state index contributed by atoms with van der Waals surface area (Å²) in [6.07, 6.45) is 3.65. The molecule has 1 atom stereocenters. The summed E-state index contributed by atoms with van der Waals surface area (Å²) >= 11 is 0. The highest BCUT2D eigenvalue weighted by molar-refractivity contribution is 5.47. The van der Waals surface area contributed by atoms with Crippen molar-refractivity contribution in [1.29, 1.82) is 0 Å². The van der Waals surface area contributed by atoms with E-state index in [1.807, 2.05) is 25.1 Å². The third-order valence-electron chi connectivity index (χ3n) is 4.66. The van der Waals surface area contributed by atoms with Crippen LogP contribution in [0.2, 0.25) is 0 Å². The summed E-state index contributed by atoms with van der Waals surface area (Å²) in [7, 11) is 0. The van der Waals surface area contributed by atoms with Crippen molar-refractivity contribution in [3.05, 3.63) is 42.0 Å². The van der Waals surface area contributed by atoms with Crippen LogP contribution < -0.4 is 0 Å². The van der Waals surface area contributed by atoms with Crippen LogP contribution in [0.4, 0.5) is 0 Å². The average Bonchev–Trinajstić information content (AvgIpc) is 3.31. The largest absolute Gasteiger partial charge is 0.339 e. The molecule has 3 aromatic rings. The average molecular weight is 340 g/mol. The van der Waals surface area contributed by atoms with Crippen LogP contribution >= 0.6 is 0 Å². The van der Waals surface area contributed by atoms with Gasteiger partial charge in [-0.05, 0) is 51.9 Å². The lowest BCUT2D eigenvalue weighted by Gasteiger charge is -2.33. The minimum Gasteiger partial charge on any atom is -0.339 e. The van der Waals surface area contributed by atoms with Crippen LogP contribution in [0, 0.1) is 6.92 Å². The van der Waals surface area contributed by atoms with E-state index in [4.69, 9.17) is 9.05 Å². The Kier molecular flexibility index (Phi) is 4.27. The van der Waals surface area contributed by atoms with Gasteiger partial charge in [0.2, 0.25) is 17.6 Å². The van der Waals surface area contributed by atoms with E-state index < -0.39 is 0 Å². The fraction of sp³-hybridized carbons (Fsp3) is 0.471. The first-order chi connectivity index (χ1) is 12.2. The molecule has 1 aliphatic heterocycles. The van der Waals surface area contributed by atoms with Crippen molar-refractivity contribution in [2.24, 2.45) is 0 Å². The monoisotopic (exact) mass is 340 g/mol.